The molecule has 0 radical (unpaired) electrons. The van der Waals surface area contributed by atoms with Crippen molar-refractivity contribution in [2.75, 3.05) is 0 Å². The van der Waals surface area contributed by atoms with Gasteiger partial charge in [0.15, 0.2) is 0 Å². The first-order chi connectivity index (χ1) is 6.68. The van der Waals surface area contributed by atoms with Crippen molar-refractivity contribution in [2.24, 2.45) is 17.3 Å². The lowest BCUT2D eigenvalue weighted by Gasteiger charge is -2.42. The number of hydrogen-bond acceptors (Lipinski definition) is 0. The molecule has 0 unspecified atom stereocenters. The lowest BCUT2D eigenvalue weighted by Crippen LogP contribution is -2.31. The molecule has 0 aliphatic heterocycles. The van der Waals surface area contributed by atoms with Crippen molar-refractivity contribution in [3.05, 3.63) is 0 Å². The number of hydrogen-bond donors (Lipinski definition) is 0. The minimum Gasteiger partial charge on any atom is -0.0648 e. The van der Waals surface area contributed by atoms with Crippen LogP contribution in [0.25, 0.3) is 0 Å². The van der Waals surface area contributed by atoms with Crippen molar-refractivity contribution < 1.29 is 0 Å². The van der Waals surface area contributed by atoms with Crippen molar-refractivity contribution in [3.8, 4) is 0 Å². The summed E-state index contributed by atoms with van der Waals surface area (Å²) in [5.41, 5.74) is 0.681. The third-order valence-corrected chi connectivity index (χ3v) is 4.99. The molecule has 1 fully saturated rings. The van der Waals surface area contributed by atoms with Gasteiger partial charge in [-0.3, -0.25) is 0 Å². The number of rotatable bonds is 4. The predicted octanol–water partition coefficient (Wildman–Crippen LogP) is 5.03. The Labute approximate surface area is 90.5 Å². The molecule has 0 nitrogen and oxygen atoms in total. The highest BCUT2D eigenvalue weighted by molar-refractivity contribution is 4.86. The molecule has 0 aromatic carbocycles. The van der Waals surface area contributed by atoms with Crippen molar-refractivity contribution in [1.29, 1.82) is 0 Å². The van der Waals surface area contributed by atoms with Crippen molar-refractivity contribution >= 4 is 0 Å². The Hall–Kier alpha value is 0. The molecule has 84 valence electrons. The first kappa shape index (κ1) is 12.1. The third kappa shape index (κ3) is 2.32. The topological polar surface area (TPSA) is 0 Å². The van der Waals surface area contributed by atoms with E-state index in [1.54, 1.807) is 0 Å². The van der Waals surface area contributed by atoms with Gasteiger partial charge in [0, 0.05) is 0 Å². The second-order valence-electron chi connectivity index (χ2n) is 5.38. The molecule has 14 heavy (non-hydrogen) atoms. The van der Waals surface area contributed by atoms with Crippen LogP contribution in [0, 0.1) is 17.3 Å². The van der Waals surface area contributed by atoms with Crippen LogP contribution in [0.15, 0.2) is 0 Å². The molecular weight excluding hydrogens is 168 g/mol. The minimum atomic E-state index is 0.681. The quantitative estimate of drug-likeness (QED) is 0.591. The van der Waals surface area contributed by atoms with E-state index in [0.717, 1.165) is 11.8 Å². The summed E-state index contributed by atoms with van der Waals surface area (Å²) >= 11 is 0. The molecule has 1 rings (SSSR count). The molecule has 0 atom stereocenters. The van der Waals surface area contributed by atoms with Crippen molar-refractivity contribution in [3.63, 3.8) is 0 Å². The van der Waals surface area contributed by atoms with Crippen LogP contribution >= 0.6 is 0 Å². The normalized spacial score (nSPS) is 29.1. The minimum absolute atomic E-state index is 0.681. The zero-order valence-electron chi connectivity index (χ0n) is 10.6. The van der Waals surface area contributed by atoms with Gasteiger partial charge in [-0.2, -0.15) is 0 Å². The highest BCUT2D eigenvalue weighted by Gasteiger charge is 2.35. The largest absolute Gasteiger partial charge is 0.0648 e. The van der Waals surface area contributed by atoms with E-state index < -0.39 is 0 Å². The van der Waals surface area contributed by atoms with Crippen LogP contribution in [0.3, 0.4) is 0 Å². The molecular formula is C14H28. The highest BCUT2D eigenvalue weighted by Crippen LogP contribution is 2.46. The average Bonchev–Trinajstić information content (AvgIpc) is 2.24. The van der Waals surface area contributed by atoms with Gasteiger partial charge in [0.2, 0.25) is 0 Å². The second-order valence-corrected chi connectivity index (χ2v) is 5.38. The Balaban J connectivity index is 2.60. The van der Waals surface area contributed by atoms with E-state index in [2.05, 4.69) is 27.7 Å². The maximum atomic E-state index is 2.42. The summed E-state index contributed by atoms with van der Waals surface area (Å²) in [4.78, 5) is 0. The maximum Gasteiger partial charge on any atom is -0.0277 e. The lowest BCUT2D eigenvalue weighted by atomic mass is 9.63. The van der Waals surface area contributed by atoms with Gasteiger partial charge >= 0.3 is 0 Å². The van der Waals surface area contributed by atoms with Gasteiger partial charge in [-0.25, -0.2) is 0 Å². The first-order valence-corrected chi connectivity index (χ1v) is 6.68. The molecule has 0 heteroatoms. The van der Waals surface area contributed by atoms with Gasteiger partial charge < -0.3 is 0 Å². The molecule has 0 bridgehead atoms. The molecule has 0 aromatic heterocycles. The molecule has 0 aromatic rings. The van der Waals surface area contributed by atoms with Crippen LogP contribution < -0.4 is 0 Å². The monoisotopic (exact) mass is 196 g/mol. The molecule has 1 saturated carbocycles. The summed E-state index contributed by atoms with van der Waals surface area (Å²) in [5.74, 6) is 2.02. The van der Waals surface area contributed by atoms with Crippen LogP contribution in [0.2, 0.25) is 0 Å². The van der Waals surface area contributed by atoms with E-state index in [9.17, 15) is 0 Å². The molecule has 0 spiro atoms. The molecule has 0 amide bonds. The van der Waals surface area contributed by atoms with Crippen LogP contribution in [-0.4, -0.2) is 0 Å². The fraction of sp³-hybridized carbons (Fsp3) is 1.00. The Bertz CT molecular complexity index is 139. The molecule has 0 heterocycles. The molecule has 0 N–H and O–H groups in total. The van der Waals surface area contributed by atoms with Crippen LogP contribution in [0.4, 0.5) is 0 Å². The zero-order chi connectivity index (χ0) is 10.6. The van der Waals surface area contributed by atoms with Crippen LogP contribution in [-0.2, 0) is 0 Å². The highest BCUT2D eigenvalue weighted by atomic mass is 14.4. The lowest BCUT2D eigenvalue weighted by molar-refractivity contribution is 0.0851. The van der Waals surface area contributed by atoms with Gasteiger partial charge in [0.1, 0.15) is 0 Å². The van der Waals surface area contributed by atoms with Crippen molar-refractivity contribution in [2.45, 2.75) is 72.6 Å². The Morgan fingerprint density at radius 1 is 0.857 bits per heavy atom. The smallest absolute Gasteiger partial charge is 0.0277 e. The van der Waals surface area contributed by atoms with Gasteiger partial charge in [0.25, 0.3) is 0 Å². The summed E-state index contributed by atoms with van der Waals surface area (Å²) in [6.45, 7) is 9.60. The van der Waals surface area contributed by atoms with Gasteiger partial charge in [0.05, 0.1) is 0 Å². The Morgan fingerprint density at radius 3 is 1.64 bits per heavy atom. The first-order valence-electron chi connectivity index (χ1n) is 6.68. The maximum absolute atomic E-state index is 2.42. The van der Waals surface area contributed by atoms with E-state index in [-0.39, 0.29) is 0 Å². The summed E-state index contributed by atoms with van der Waals surface area (Å²) in [6, 6.07) is 0. The van der Waals surface area contributed by atoms with Gasteiger partial charge in [-0.1, -0.05) is 59.8 Å². The Morgan fingerprint density at radius 2 is 1.29 bits per heavy atom. The summed E-state index contributed by atoms with van der Waals surface area (Å²) in [6.07, 6.45) is 10.1. The van der Waals surface area contributed by atoms with E-state index in [4.69, 9.17) is 0 Å². The predicted molar refractivity (Wildman–Crippen MR) is 64.4 cm³/mol. The molecule has 1 aliphatic carbocycles. The SMILES string of the molecule is CCC(CC)(CC)C1CCC(C)CC1. The fourth-order valence-electron chi connectivity index (χ4n) is 3.49. The van der Waals surface area contributed by atoms with E-state index in [1.807, 2.05) is 0 Å². The standard InChI is InChI=1S/C14H28/c1-5-14(6-2,7-3)13-10-8-12(4)9-11-13/h12-13H,5-11H2,1-4H3. The van der Waals surface area contributed by atoms with Crippen molar-refractivity contribution in [1.82, 2.24) is 0 Å². The zero-order valence-corrected chi connectivity index (χ0v) is 10.6. The van der Waals surface area contributed by atoms with Crippen LogP contribution in [0.1, 0.15) is 72.6 Å². The van der Waals surface area contributed by atoms with E-state index in [1.165, 1.54) is 44.9 Å². The van der Waals surface area contributed by atoms with Crippen LogP contribution in [0.5, 0.6) is 0 Å². The third-order valence-electron chi connectivity index (χ3n) is 4.99. The average molecular weight is 196 g/mol. The summed E-state index contributed by atoms with van der Waals surface area (Å²) in [7, 11) is 0. The summed E-state index contributed by atoms with van der Waals surface area (Å²) < 4.78 is 0. The van der Waals surface area contributed by atoms with Gasteiger partial charge in [-0.15, -0.1) is 0 Å². The van der Waals surface area contributed by atoms with Gasteiger partial charge in [-0.05, 0) is 30.1 Å². The van der Waals surface area contributed by atoms with E-state index in [0.29, 0.717) is 5.41 Å². The fourth-order valence-corrected chi connectivity index (χ4v) is 3.49. The summed E-state index contributed by atoms with van der Waals surface area (Å²) in [5, 5.41) is 0. The Kier molecular flexibility index (Phi) is 4.47. The second kappa shape index (κ2) is 5.19. The molecule has 0 saturated heterocycles. The van der Waals surface area contributed by atoms with E-state index >= 15 is 0 Å². The molecule has 1 aliphatic rings.